The van der Waals surface area contributed by atoms with Crippen LogP contribution in [0.15, 0.2) is 18.7 Å². The van der Waals surface area contributed by atoms with Gasteiger partial charge in [0.1, 0.15) is 11.6 Å². The first-order valence-electron chi connectivity index (χ1n) is 5.09. The largest absolute Gasteiger partial charge is 0.478 e. The van der Waals surface area contributed by atoms with Gasteiger partial charge in [-0.1, -0.05) is 13.0 Å². The lowest BCUT2D eigenvalue weighted by atomic mass is 10.5. The quantitative estimate of drug-likeness (QED) is 0.726. The Morgan fingerprint density at radius 1 is 1.53 bits per heavy atom. The van der Waals surface area contributed by atoms with Crippen LogP contribution in [-0.4, -0.2) is 23.1 Å². The van der Waals surface area contributed by atoms with E-state index in [0.29, 0.717) is 24.9 Å². The molecule has 0 unspecified atom stereocenters. The van der Waals surface area contributed by atoms with E-state index in [0.717, 1.165) is 12.2 Å². The van der Waals surface area contributed by atoms with Gasteiger partial charge in [0, 0.05) is 12.6 Å². The third-order valence-electron chi connectivity index (χ3n) is 1.70. The number of hydrogen-bond donors (Lipinski definition) is 1. The van der Waals surface area contributed by atoms with Crippen molar-refractivity contribution in [3.05, 3.63) is 24.5 Å². The maximum atomic E-state index is 5.44. The summed E-state index contributed by atoms with van der Waals surface area (Å²) in [6, 6.07) is 1.80. The van der Waals surface area contributed by atoms with Crippen molar-refractivity contribution in [1.82, 2.24) is 9.97 Å². The van der Waals surface area contributed by atoms with Gasteiger partial charge < -0.3 is 10.1 Å². The number of nitrogens with one attached hydrogen (secondary N) is 1. The molecule has 1 aromatic heterocycles. The molecule has 0 bridgehead atoms. The Kier molecular flexibility index (Phi) is 4.60. The molecule has 0 saturated carbocycles. The summed E-state index contributed by atoms with van der Waals surface area (Å²) in [6.07, 6.45) is 2.75. The third kappa shape index (κ3) is 3.97. The summed E-state index contributed by atoms with van der Waals surface area (Å²) in [7, 11) is 0. The van der Waals surface area contributed by atoms with Crippen LogP contribution >= 0.6 is 0 Å². The van der Waals surface area contributed by atoms with Gasteiger partial charge in [-0.2, -0.15) is 4.98 Å². The monoisotopic (exact) mass is 207 g/mol. The first-order chi connectivity index (χ1) is 7.26. The number of nitrogens with zero attached hydrogens (tertiary/aromatic N) is 2. The van der Waals surface area contributed by atoms with Crippen LogP contribution in [-0.2, 0) is 0 Å². The van der Waals surface area contributed by atoms with E-state index in [9.17, 15) is 0 Å². The molecule has 1 aromatic rings. The predicted octanol–water partition coefficient (Wildman–Crippen LogP) is 2.17. The van der Waals surface area contributed by atoms with E-state index in [1.165, 1.54) is 0 Å². The Morgan fingerprint density at radius 3 is 3.00 bits per heavy atom. The Hall–Kier alpha value is -1.58. The highest BCUT2D eigenvalue weighted by Gasteiger charge is 2.01. The molecule has 0 atom stereocenters. The molecule has 82 valence electrons. The average molecular weight is 207 g/mol. The smallest absolute Gasteiger partial charge is 0.218 e. The second-order valence-electron chi connectivity index (χ2n) is 3.16. The van der Waals surface area contributed by atoms with Gasteiger partial charge in [-0.25, -0.2) is 4.98 Å². The van der Waals surface area contributed by atoms with E-state index in [1.807, 2.05) is 6.92 Å². The van der Waals surface area contributed by atoms with Crippen molar-refractivity contribution in [2.75, 3.05) is 18.5 Å². The molecule has 15 heavy (non-hydrogen) atoms. The number of rotatable bonds is 6. The molecule has 0 fully saturated rings. The summed E-state index contributed by atoms with van der Waals surface area (Å²) in [4.78, 5) is 8.41. The zero-order valence-electron chi connectivity index (χ0n) is 9.29. The van der Waals surface area contributed by atoms with E-state index in [-0.39, 0.29) is 0 Å². The SMILES string of the molecule is C=CCNc1cc(OCCC)nc(C)n1. The minimum Gasteiger partial charge on any atom is -0.478 e. The van der Waals surface area contributed by atoms with Crippen LogP contribution in [0.4, 0.5) is 5.82 Å². The molecule has 1 N–H and O–H groups in total. The second-order valence-corrected chi connectivity index (χ2v) is 3.16. The van der Waals surface area contributed by atoms with Crippen LogP contribution in [0.5, 0.6) is 5.88 Å². The van der Waals surface area contributed by atoms with Crippen LogP contribution in [0.25, 0.3) is 0 Å². The van der Waals surface area contributed by atoms with Crippen molar-refractivity contribution in [2.45, 2.75) is 20.3 Å². The fourth-order valence-corrected chi connectivity index (χ4v) is 1.09. The number of aromatic nitrogens is 2. The fraction of sp³-hybridized carbons (Fsp3) is 0.455. The van der Waals surface area contributed by atoms with Gasteiger partial charge in [-0.05, 0) is 13.3 Å². The van der Waals surface area contributed by atoms with Gasteiger partial charge in [0.05, 0.1) is 6.61 Å². The minimum absolute atomic E-state index is 0.621. The highest BCUT2D eigenvalue weighted by atomic mass is 16.5. The maximum absolute atomic E-state index is 5.44. The van der Waals surface area contributed by atoms with Crippen LogP contribution in [0.1, 0.15) is 19.2 Å². The van der Waals surface area contributed by atoms with Gasteiger partial charge in [0.2, 0.25) is 5.88 Å². The van der Waals surface area contributed by atoms with Crippen LogP contribution in [0.3, 0.4) is 0 Å². The molecule has 4 heteroatoms. The van der Waals surface area contributed by atoms with Gasteiger partial charge in [-0.3, -0.25) is 0 Å². The molecule has 0 spiro atoms. The second kappa shape index (κ2) is 6.01. The lowest BCUT2D eigenvalue weighted by molar-refractivity contribution is 0.304. The molecule has 0 amide bonds. The zero-order chi connectivity index (χ0) is 11.1. The standard InChI is InChI=1S/C11H17N3O/c1-4-6-12-10-8-11(15-7-5-2)14-9(3)13-10/h4,8H,1,5-7H2,2-3H3,(H,12,13,14). The van der Waals surface area contributed by atoms with Gasteiger partial charge >= 0.3 is 0 Å². The van der Waals surface area contributed by atoms with E-state index >= 15 is 0 Å². The highest BCUT2D eigenvalue weighted by molar-refractivity contribution is 5.38. The highest BCUT2D eigenvalue weighted by Crippen LogP contribution is 2.13. The summed E-state index contributed by atoms with van der Waals surface area (Å²) >= 11 is 0. The molecule has 1 heterocycles. The topological polar surface area (TPSA) is 47.0 Å². The van der Waals surface area contributed by atoms with Crippen LogP contribution in [0, 0.1) is 6.92 Å². The first kappa shape index (κ1) is 11.5. The Labute approximate surface area is 90.4 Å². The number of hydrogen-bond acceptors (Lipinski definition) is 4. The molecule has 0 aromatic carbocycles. The average Bonchev–Trinajstić information content (AvgIpc) is 2.23. The van der Waals surface area contributed by atoms with Gasteiger partial charge in [-0.15, -0.1) is 6.58 Å². The molecule has 0 aliphatic rings. The summed E-state index contributed by atoms with van der Waals surface area (Å²) in [5.41, 5.74) is 0. The molecule has 0 saturated heterocycles. The van der Waals surface area contributed by atoms with Crippen molar-refractivity contribution in [3.8, 4) is 5.88 Å². The van der Waals surface area contributed by atoms with E-state index in [1.54, 1.807) is 12.1 Å². The Morgan fingerprint density at radius 2 is 2.33 bits per heavy atom. The van der Waals surface area contributed by atoms with Crippen LogP contribution < -0.4 is 10.1 Å². The normalized spacial score (nSPS) is 9.73. The molecule has 4 nitrogen and oxygen atoms in total. The summed E-state index contributed by atoms with van der Waals surface area (Å²) in [6.45, 7) is 8.90. The van der Waals surface area contributed by atoms with Crippen LogP contribution in [0.2, 0.25) is 0 Å². The van der Waals surface area contributed by atoms with Gasteiger partial charge in [0.15, 0.2) is 0 Å². The van der Waals surface area contributed by atoms with Crippen molar-refractivity contribution < 1.29 is 4.74 Å². The Bertz CT molecular complexity index is 326. The lowest BCUT2D eigenvalue weighted by Crippen LogP contribution is -2.05. The minimum atomic E-state index is 0.621. The van der Waals surface area contributed by atoms with E-state index in [4.69, 9.17) is 4.74 Å². The third-order valence-corrected chi connectivity index (χ3v) is 1.70. The predicted molar refractivity (Wildman–Crippen MR) is 61.2 cm³/mol. The summed E-state index contributed by atoms with van der Waals surface area (Å²) < 4.78 is 5.44. The van der Waals surface area contributed by atoms with Crippen molar-refractivity contribution in [2.24, 2.45) is 0 Å². The molecule has 0 radical (unpaired) electrons. The number of ether oxygens (including phenoxy) is 1. The lowest BCUT2D eigenvalue weighted by Gasteiger charge is -2.07. The maximum Gasteiger partial charge on any atom is 0.218 e. The fourth-order valence-electron chi connectivity index (χ4n) is 1.09. The molecular weight excluding hydrogens is 190 g/mol. The molecular formula is C11H17N3O. The number of aryl methyl sites for hydroxylation is 1. The number of anilines is 1. The summed E-state index contributed by atoms with van der Waals surface area (Å²) in [5.74, 6) is 2.10. The van der Waals surface area contributed by atoms with Gasteiger partial charge in [0.25, 0.3) is 0 Å². The van der Waals surface area contributed by atoms with Crippen molar-refractivity contribution >= 4 is 5.82 Å². The molecule has 0 aliphatic carbocycles. The summed E-state index contributed by atoms with van der Waals surface area (Å²) in [5, 5.41) is 3.10. The van der Waals surface area contributed by atoms with Crippen molar-refractivity contribution in [1.29, 1.82) is 0 Å². The molecule has 0 aliphatic heterocycles. The van der Waals surface area contributed by atoms with E-state index < -0.39 is 0 Å². The Balaban J connectivity index is 2.70. The zero-order valence-corrected chi connectivity index (χ0v) is 9.29. The van der Waals surface area contributed by atoms with E-state index in [2.05, 4.69) is 28.8 Å². The molecule has 1 rings (SSSR count). The van der Waals surface area contributed by atoms with Crippen molar-refractivity contribution in [3.63, 3.8) is 0 Å². The first-order valence-corrected chi connectivity index (χ1v) is 5.09.